The second-order valence-electron chi connectivity index (χ2n) is 4.18. The van der Waals surface area contributed by atoms with Crippen LogP contribution in [0.25, 0.3) is 21.7 Å². The summed E-state index contributed by atoms with van der Waals surface area (Å²) in [5.74, 6) is 0.315. The zero-order valence-corrected chi connectivity index (χ0v) is 11.8. The Labute approximate surface area is 119 Å². The van der Waals surface area contributed by atoms with Gasteiger partial charge in [0.2, 0.25) is 5.88 Å². The molecule has 3 nitrogen and oxygen atoms in total. The minimum atomic E-state index is 0.315. The van der Waals surface area contributed by atoms with Gasteiger partial charge < -0.3 is 10.3 Å². The van der Waals surface area contributed by atoms with Gasteiger partial charge in [-0.1, -0.05) is 41.0 Å². The maximum Gasteiger partial charge on any atom is 0.231 e. The van der Waals surface area contributed by atoms with E-state index in [0.29, 0.717) is 16.6 Å². The highest BCUT2D eigenvalue weighted by molar-refractivity contribution is 7.13. The van der Waals surface area contributed by atoms with E-state index in [1.165, 1.54) is 0 Å². The molecule has 0 fully saturated rings. The van der Waals surface area contributed by atoms with Gasteiger partial charge in [0, 0.05) is 10.4 Å². The van der Waals surface area contributed by atoms with Crippen LogP contribution in [-0.2, 0) is 0 Å². The third kappa shape index (κ3) is 2.03. The van der Waals surface area contributed by atoms with Crippen molar-refractivity contribution in [2.45, 2.75) is 6.92 Å². The Morgan fingerprint density at radius 3 is 2.84 bits per heavy atom. The summed E-state index contributed by atoms with van der Waals surface area (Å²) in [6.07, 6.45) is 0. The molecule has 0 aliphatic carbocycles. The SMILES string of the molecule is Cc1cccc(-c2noc(N)c2-c2cccs2)c1Cl. The second-order valence-corrected chi connectivity index (χ2v) is 5.51. The van der Waals surface area contributed by atoms with E-state index in [-0.39, 0.29) is 0 Å². The first-order valence-electron chi connectivity index (χ1n) is 5.73. The highest BCUT2D eigenvalue weighted by Crippen LogP contribution is 2.41. The lowest BCUT2D eigenvalue weighted by Crippen LogP contribution is -1.87. The monoisotopic (exact) mass is 290 g/mol. The summed E-state index contributed by atoms with van der Waals surface area (Å²) in [5, 5.41) is 6.73. The van der Waals surface area contributed by atoms with Gasteiger partial charge in [-0.3, -0.25) is 0 Å². The number of aryl methyl sites for hydroxylation is 1. The fourth-order valence-electron chi connectivity index (χ4n) is 1.98. The molecule has 2 N–H and O–H groups in total. The molecule has 0 bridgehead atoms. The highest BCUT2D eigenvalue weighted by atomic mass is 35.5. The number of nitrogens with two attached hydrogens (primary N) is 1. The van der Waals surface area contributed by atoms with Crippen molar-refractivity contribution in [3.8, 4) is 21.7 Å². The molecule has 3 aromatic rings. The molecule has 0 unspecified atom stereocenters. The number of hydrogen-bond donors (Lipinski definition) is 1. The van der Waals surface area contributed by atoms with Gasteiger partial charge >= 0.3 is 0 Å². The van der Waals surface area contributed by atoms with Crippen LogP contribution in [-0.4, -0.2) is 5.16 Å². The molecular formula is C14H11ClN2OS. The van der Waals surface area contributed by atoms with Gasteiger partial charge in [0.05, 0.1) is 10.6 Å². The summed E-state index contributed by atoms with van der Waals surface area (Å²) in [5.41, 5.74) is 9.23. The Hall–Kier alpha value is -1.78. The zero-order valence-electron chi connectivity index (χ0n) is 10.2. The van der Waals surface area contributed by atoms with Crippen LogP contribution in [0.2, 0.25) is 5.02 Å². The Balaban J connectivity index is 2.25. The number of thiophene rings is 1. The van der Waals surface area contributed by atoms with E-state index in [4.69, 9.17) is 21.9 Å². The summed E-state index contributed by atoms with van der Waals surface area (Å²) in [6.45, 7) is 1.96. The number of aromatic nitrogens is 1. The lowest BCUT2D eigenvalue weighted by Gasteiger charge is -2.05. The van der Waals surface area contributed by atoms with Crippen LogP contribution in [0.15, 0.2) is 40.2 Å². The van der Waals surface area contributed by atoms with Crippen molar-refractivity contribution in [1.29, 1.82) is 0 Å². The number of nitrogen functional groups attached to an aromatic ring is 1. The van der Waals surface area contributed by atoms with Gasteiger partial charge in [0.1, 0.15) is 5.69 Å². The van der Waals surface area contributed by atoms with Gasteiger partial charge in [0.25, 0.3) is 0 Å². The van der Waals surface area contributed by atoms with Gasteiger partial charge in [-0.15, -0.1) is 11.3 Å². The van der Waals surface area contributed by atoms with Crippen molar-refractivity contribution in [2.24, 2.45) is 0 Å². The third-order valence-electron chi connectivity index (χ3n) is 2.93. The van der Waals surface area contributed by atoms with E-state index in [0.717, 1.165) is 21.6 Å². The Morgan fingerprint density at radius 2 is 2.11 bits per heavy atom. The summed E-state index contributed by atoms with van der Waals surface area (Å²) in [6, 6.07) is 9.78. The summed E-state index contributed by atoms with van der Waals surface area (Å²) >= 11 is 7.94. The standard InChI is InChI=1S/C14H11ClN2OS/c1-8-4-2-5-9(12(8)15)13-11(14(16)18-17-13)10-6-3-7-19-10/h2-7H,16H2,1H3. The molecular weight excluding hydrogens is 280 g/mol. The largest absolute Gasteiger partial charge is 0.367 e. The van der Waals surface area contributed by atoms with E-state index in [9.17, 15) is 0 Å². The normalized spacial score (nSPS) is 10.8. The molecule has 0 amide bonds. The summed E-state index contributed by atoms with van der Waals surface area (Å²) in [4.78, 5) is 1.02. The van der Waals surface area contributed by atoms with Gasteiger partial charge in [-0.25, -0.2) is 0 Å². The second kappa shape index (κ2) is 4.72. The van der Waals surface area contributed by atoms with E-state index in [2.05, 4.69) is 5.16 Å². The first-order valence-corrected chi connectivity index (χ1v) is 6.98. The lowest BCUT2D eigenvalue weighted by atomic mass is 10.0. The molecule has 0 spiro atoms. The number of anilines is 1. The topological polar surface area (TPSA) is 52.0 Å². The average molecular weight is 291 g/mol. The van der Waals surface area contributed by atoms with Crippen LogP contribution in [0, 0.1) is 6.92 Å². The maximum absolute atomic E-state index is 6.35. The minimum absolute atomic E-state index is 0.315. The van der Waals surface area contributed by atoms with Gasteiger partial charge in [-0.2, -0.15) is 0 Å². The molecule has 0 saturated carbocycles. The molecule has 1 aromatic carbocycles. The van der Waals surface area contributed by atoms with Crippen LogP contribution in [0.5, 0.6) is 0 Å². The fourth-order valence-corrected chi connectivity index (χ4v) is 2.97. The van der Waals surface area contributed by atoms with Crippen molar-refractivity contribution in [2.75, 3.05) is 5.73 Å². The smallest absolute Gasteiger partial charge is 0.231 e. The van der Waals surface area contributed by atoms with Crippen molar-refractivity contribution in [3.63, 3.8) is 0 Å². The van der Waals surface area contributed by atoms with Crippen molar-refractivity contribution in [1.82, 2.24) is 5.16 Å². The Kier molecular flexibility index (Phi) is 3.05. The van der Waals surface area contributed by atoms with Crippen molar-refractivity contribution < 1.29 is 4.52 Å². The Bertz CT molecular complexity index is 719. The quantitative estimate of drug-likeness (QED) is 0.749. The van der Waals surface area contributed by atoms with E-state index < -0.39 is 0 Å². The molecule has 5 heteroatoms. The molecule has 0 aliphatic rings. The minimum Gasteiger partial charge on any atom is -0.367 e. The van der Waals surface area contributed by atoms with Crippen LogP contribution in [0.3, 0.4) is 0 Å². The molecule has 0 saturated heterocycles. The van der Waals surface area contributed by atoms with E-state index >= 15 is 0 Å². The molecule has 0 atom stereocenters. The number of halogens is 1. The molecule has 19 heavy (non-hydrogen) atoms. The number of benzene rings is 1. The van der Waals surface area contributed by atoms with Crippen molar-refractivity contribution >= 4 is 28.8 Å². The van der Waals surface area contributed by atoms with Crippen LogP contribution in [0.4, 0.5) is 5.88 Å². The first-order chi connectivity index (χ1) is 9.18. The average Bonchev–Trinajstić information content (AvgIpc) is 3.02. The predicted molar refractivity (Wildman–Crippen MR) is 79.4 cm³/mol. The third-order valence-corrected chi connectivity index (χ3v) is 4.32. The van der Waals surface area contributed by atoms with Gasteiger partial charge in [0.15, 0.2) is 0 Å². The number of rotatable bonds is 2. The lowest BCUT2D eigenvalue weighted by molar-refractivity contribution is 0.439. The number of nitrogens with zero attached hydrogens (tertiary/aromatic N) is 1. The summed E-state index contributed by atoms with van der Waals surface area (Å²) in [7, 11) is 0. The zero-order chi connectivity index (χ0) is 13.4. The number of hydrogen-bond acceptors (Lipinski definition) is 4. The molecule has 96 valence electrons. The predicted octanol–water partition coefficient (Wildman–Crippen LogP) is 4.61. The van der Waals surface area contributed by atoms with Crippen LogP contribution < -0.4 is 5.73 Å². The van der Waals surface area contributed by atoms with E-state index in [1.807, 2.05) is 42.6 Å². The summed E-state index contributed by atoms with van der Waals surface area (Å²) < 4.78 is 5.14. The fraction of sp³-hybridized carbons (Fsp3) is 0.0714. The Morgan fingerprint density at radius 1 is 1.26 bits per heavy atom. The van der Waals surface area contributed by atoms with Crippen LogP contribution in [0.1, 0.15) is 5.56 Å². The van der Waals surface area contributed by atoms with Crippen molar-refractivity contribution in [3.05, 3.63) is 46.3 Å². The molecule has 2 aromatic heterocycles. The molecule has 2 heterocycles. The first kappa shape index (κ1) is 12.3. The molecule has 0 radical (unpaired) electrons. The molecule has 3 rings (SSSR count). The molecule has 0 aliphatic heterocycles. The highest BCUT2D eigenvalue weighted by Gasteiger charge is 2.20. The van der Waals surface area contributed by atoms with Crippen LogP contribution >= 0.6 is 22.9 Å². The van der Waals surface area contributed by atoms with Gasteiger partial charge in [-0.05, 0) is 23.9 Å². The van der Waals surface area contributed by atoms with E-state index in [1.54, 1.807) is 11.3 Å². The maximum atomic E-state index is 6.35.